The Hall–Kier alpha value is -7.31. The Labute approximate surface area is 508 Å². The number of aliphatic hydroxyl groups excluding tert-OH is 4. The fourth-order valence-electron chi connectivity index (χ4n) is 7.72. The summed E-state index contributed by atoms with van der Waals surface area (Å²) in [7, 11) is 0. The number of hydrogen-bond donors (Lipinski definition) is 20. The second-order valence-electron chi connectivity index (χ2n) is 21.6. The Balaban J connectivity index is 5.89. The first-order chi connectivity index (χ1) is 40.4. The van der Waals surface area contributed by atoms with Crippen molar-refractivity contribution in [3.8, 4) is 0 Å². The minimum Gasteiger partial charge on any atom is -0.481 e. The number of unbranched alkanes of at least 4 members (excludes halogenated alkanes) is 1. The van der Waals surface area contributed by atoms with E-state index in [4.69, 9.17) is 11.5 Å². The number of hydrogen-bond acceptors (Lipinski definition) is 21. The molecule has 35 heteroatoms. The summed E-state index contributed by atoms with van der Waals surface area (Å²) in [6.45, 7) is 11.3. The number of carboxylic acid groups (broad SMARTS) is 2. The lowest BCUT2D eigenvalue weighted by molar-refractivity contribution is -0.144. The molecule has 14 atom stereocenters. The van der Waals surface area contributed by atoms with E-state index in [1.807, 2.05) is 0 Å². The highest BCUT2D eigenvalue weighted by molar-refractivity contribution is 7.98. The number of amides is 12. The van der Waals surface area contributed by atoms with Gasteiger partial charge in [-0.05, 0) is 83.3 Å². The quantitative estimate of drug-likeness (QED) is 0.0253. The van der Waals surface area contributed by atoms with Crippen LogP contribution in [0.5, 0.6) is 0 Å². The van der Waals surface area contributed by atoms with E-state index >= 15 is 0 Å². The number of aliphatic carboxylic acids is 2. The van der Waals surface area contributed by atoms with Crippen LogP contribution >= 0.6 is 11.8 Å². The van der Waals surface area contributed by atoms with Gasteiger partial charge in [0.05, 0.1) is 50.5 Å². The monoisotopic (exact) mass is 1260 g/mol. The van der Waals surface area contributed by atoms with E-state index in [-0.39, 0.29) is 18.6 Å². The fraction of sp³-hybridized carbons (Fsp3) is 0.731. The number of nitrogens with one attached hydrogen (secondary N) is 12. The van der Waals surface area contributed by atoms with Gasteiger partial charge >= 0.3 is 11.9 Å². The van der Waals surface area contributed by atoms with Crippen LogP contribution < -0.4 is 75.3 Å². The van der Waals surface area contributed by atoms with E-state index < -0.39 is 211 Å². The molecule has 87 heavy (non-hydrogen) atoms. The van der Waals surface area contributed by atoms with Crippen molar-refractivity contribution in [1.82, 2.24) is 63.8 Å². The Bertz CT molecular complexity index is 2360. The summed E-state index contributed by atoms with van der Waals surface area (Å²) in [4.78, 5) is 182. The molecule has 0 radical (unpaired) electrons. The number of carboxylic acids is 2. The highest BCUT2D eigenvalue weighted by Gasteiger charge is 2.38. The molecule has 0 aromatic rings. The molecule has 22 N–H and O–H groups in total. The third-order valence-electron chi connectivity index (χ3n) is 12.9. The van der Waals surface area contributed by atoms with Crippen molar-refractivity contribution in [3.05, 3.63) is 0 Å². The van der Waals surface area contributed by atoms with Gasteiger partial charge in [0.25, 0.3) is 0 Å². The maximum Gasteiger partial charge on any atom is 0.326 e. The summed E-state index contributed by atoms with van der Waals surface area (Å²) in [6, 6.07) is -16.9. The maximum absolute atomic E-state index is 13.7. The normalized spacial score (nSPS) is 16.1. The van der Waals surface area contributed by atoms with E-state index in [0.717, 1.165) is 13.8 Å². The molecule has 0 spiro atoms. The van der Waals surface area contributed by atoms with E-state index in [1.54, 1.807) is 6.26 Å². The molecule has 12 amide bonds. The van der Waals surface area contributed by atoms with Crippen LogP contribution in [0.15, 0.2) is 0 Å². The molecule has 0 aliphatic rings. The highest BCUT2D eigenvalue weighted by atomic mass is 32.2. The van der Waals surface area contributed by atoms with Crippen LogP contribution in [0.2, 0.25) is 0 Å². The van der Waals surface area contributed by atoms with Crippen LogP contribution in [0.3, 0.4) is 0 Å². The zero-order valence-electron chi connectivity index (χ0n) is 50.8. The summed E-state index contributed by atoms with van der Waals surface area (Å²) in [5.41, 5.74) is 11.4. The summed E-state index contributed by atoms with van der Waals surface area (Å²) < 4.78 is 0. The number of carbonyl (C=O) groups excluding carboxylic acids is 12. The maximum atomic E-state index is 13.7. The summed E-state index contributed by atoms with van der Waals surface area (Å²) >= 11 is 1.22. The first-order valence-electron chi connectivity index (χ1n) is 28.1. The average molecular weight is 1270 g/mol. The molecule has 0 aliphatic heterocycles. The largest absolute Gasteiger partial charge is 0.481 e. The zero-order valence-corrected chi connectivity index (χ0v) is 51.7. The minimum absolute atomic E-state index is 0.154. The van der Waals surface area contributed by atoms with Crippen molar-refractivity contribution in [1.29, 1.82) is 0 Å². The number of thioether (sulfide) groups is 1. The molecule has 496 valence electrons. The SMILES string of the molecule is CSCC[C@H](NC(=O)[C@H](CC(=O)O)NC(=O)[C@@H](NC(=O)[C@H](C)NC(=O)[C@@H](NC(=O)[C@@H](N)CCCCN)[C@@H](C)O)C(C)C)C(=O)N[C@@H](CO)C(=O)NCC(=O)NCC(=O)N[C@H](C(=O)N[C@H](C(=O)N[C@H](C(=O)N[C@H](C(=O)O)C(C)C)[C@@H](C)O)C(C)C)[C@@H](C)O. The van der Waals surface area contributed by atoms with Gasteiger partial charge in [-0.2, -0.15) is 11.8 Å². The van der Waals surface area contributed by atoms with Gasteiger partial charge in [-0.25, -0.2) is 4.79 Å². The number of nitrogens with two attached hydrogens (primary N) is 2. The van der Waals surface area contributed by atoms with Crippen LogP contribution in [0.4, 0.5) is 0 Å². The smallest absolute Gasteiger partial charge is 0.326 e. The lowest BCUT2D eigenvalue weighted by Crippen LogP contribution is -2.62. The van der Waals surface area contributed by atoms with Crippen molar-refractivity contribution >= 4 is 94.6 Å². The second kappa shape index (κ2) is 40.2. The third-order valence-corrected chi connectivity index (χ3v) is 13.6. The molecule has 0 saturated heterocycles. The van der Waals surface area contributed by atoms with Gasteiger partial charge < -0.3 is 106 Å². The van der Waals surface area contributed by atoms with Crippen molar-refractivity contribution in [2.45, 2.75) is 186 Å². The molecular formula is C52H92N14O20S. The van der Waals surface area contributed by atoms with Gasteiger partial charge in [-0.3, -0.25) is 62.3 Å². The Morgan fingerprint density at radius 3 is 1.29 bits per heavy atom. The van der Waals surface area contributed by atoms with Crippen LogP contribution in [-0.2, 0) is 67.1 Å². The van der Waals surface area contributed by atoms with Crippen LogP contribution in [0, 0.1) is 17.8 Å². The molecular weight excluding hydrogens is 1170 g/mol. The molecule has 0 fully saturated rings. The zero-order chi connectivity index (χ0) is 67.2. The van der Waals surface area contributed by atoms with E-state index in [9.17, 15) is 97.8 Å². The van der Waals surface area contributed by atoms with Crippen LogP contribution in [0.25, 0.3) is 0 Å². The molecule has 0 unspecified atom stereocenters. The van der Waals surface area contributed by atoms with Gasteiger partial charge in [0.1, 0.15) is 60.4 Å². The Morgan fingerprint density at radius 2 is 0.828 bits per heavy atom. The van der Waals surface area contributed by atoms with E-state index in [1.165, 1.54) is 67.2 Å². The van der Waals surface area contributed by atoms with Gasteiger partial charge in [-0.1, -0.05) is 48.0 Å². The fourth-order valence-corrected chi connectivity index (χ4v) is 8.19. The number of carbonyl (C=O) groups is 14. The molecule has 0 saturated carbocycles. The molecule has 0 aliphatic carbocycles. The lowest BCUT2D eigenvalue weighted by atomic mass is 10.0. The molecule has 0 bridgehead atoms. The summed E-state index contributed by atoms with van der Waals surface area (Å²) in [5, 5.41) is 87.5. The third kappa shape index (κ3) is 29.3. The topological polar surface area (TPSA) is 557 Å². The molecule has 34 nitrogen and oxygen atoms in total. The number of rotatable bonds is 41. The number of aliphatic hydroxyl groups is 4. The molecule has 0 rings (SSSR count). The van der Waals surface area contributed by atoms with Crippen LogP contribution in [-0.4, -0.2) is 236 Å². The summed E-state index contributed by atoms with van der Waals surface area (Å²) in [6.07, 6.45) is -2.78. The Kier molecular flexibility index (Phi) is 36.8. The van der Waals surface area contributed by atoms with Crippen molar-refractivity contribution in [2.24, 2.45) is 29.2 Å². The first kappa shape index (κ1) is 79.7. The van der Waals surface area contributed by atoms with Gasteiger partial charge in [0, 0.05) is 0 Å². The second-order valence-corrected chi connectivity index (χ2v) is 22.6. The molecule has 0 heterocycles. The molecule has 0 aromatic carbocycles. The predicted octanol–water partition coefficient (Wildman–Crippen LogP) is -8.04. The van der Waals surface area contributed by atoms with E-state index in [2.05, 4.69) is 63.8 Å². The predicted molar refractivity (Wildman–Crippen MR) is 311 cm³/mol. The van der Waals surface area contributed by atoms with Gasteiger partial charge in [-0.15, -0.1) is 0 Å². The molecule has 0 aromatic heterocycles. The van der Waals surface area contributed by atoms with Crippen LogP contribution in [0.1, 0.15) is 101 Å². The summed E-state index contributed by atoms with van der Waals surface area (Å²) in [5.74, 6) is -17.2. The highest BCUT2D eigenvalue weighted by Crippen LogP contribution is 2.11. The lowest BCUT2D eigenvalue weighted by Gasteiger charge is -2.29. The van der Waals surface area contributed by atoms with Crippen molar-refractivity contribution < 1.29 is 97.8 Å². The van der Waals surface area contributed by atoms with Crippen molar-refractivity contribution in [2.75, 3.05) is 38.2 Å². The Morgan fingerprint density at radius 1 is 0.425 bits per heavy atom. The van der Waals surface area contributed by atoms with Gasteiger partial charge in [0.2, 0.25) is 70.9 Å². The standard InChI is InChI=1S/C52H92N14O20S/c1-22(2)36(62-42(75)25(7)57-49(82)40(27(9)69)65-43(76)29(54)14-12-13-16-53)47(80)59-31(18-35(73)74)46(79)58-30(15-17-87-11)45(78)60-32(21-67)44(77)56-19-33(71)55-20-34(72)61-39(26(8)68)50(83)63-37(23(3)4)48(81)66-41(28(10)70)51(84)64-38(24(5)6)52(85)86/h22-32,36-41,67-70H,12-21,53-54H2,1-11H3,(H,55,71)(H,56,77)(H,57,82)(H,58,79)(H,59,80)(H,60,78)(H,61,72)(H,62,75)(H,63,83)(H,64,84)(H,65,76)(H,66,81)(H,73,74)(H,85,86)/t25-,26+,27+,28+,29-,30-,31-,32-,36-,37-,38-,39-,40-,41-/m0/s1. The van der Waals surface area contributed by atoms with E-state index in [0.29, 0.717) is 19.4 Å². The van der Waals surface area contributed by atoms with Gasteiger partial charge in [0.15, 0.2) is 0 Å². The minimum atomic E-state index is -1.89. The average Bonchev–Trinajstić information content (AvgIpc) is 3.02. The first-order valence-corrected chi connectivity index (χ1v) is 29.5. The van der Waals surface area contributed by atoms with Crippen molar-refractivity contribution in [3.63, 3.8) is 0 Å².